The highest BCUT2D eigenvalue weighted by Gasteiger charge is 2.07. The lowest BCUT2D eigenvalue weighted by molar-refractivity contribution is -0.138. The fourth-order valence-electron chi connectivity index (χ4n) is 1.18. The van der Waals surface area contributed by atoms with Crippen molar-refractivity contribution in [2.75, 3.05) is 7.11 Å². The van der Waals surface area contributed by atoms with Crippen LogP contribution in [0.25, 0.3) is 6.08 Å². The summed E-state index contributed by atoms with van der Waals surface area (Å²) in [6.07, 6.45) is 1.66. The fraction of sp³-hybridized carbons (Fsp3) is 0.0909. The van der Waals surface area contributed by atoms with E-state index in [-0.39, 0.29) is 5.75 Å². The van der Waals surface area contributed by atoms with Crippen molar-refractivity contribution >= 4 is 18.1 Å². The molecule has 7 nitrogen and oxygen atoms in total. The Morgan fingerprint density at radius 3 is 2.56 bits per heavy atom. The Balaban J connectivity index is 2.94. The largest absolute Gasteiger partial charge is 0.493 e. The van der Waals surface area contributed by atoms with Crippen molar-refractivity contribution in [1.82, 2.24) is 0 Å². The molecule has 1 aromatic carbocycles. The van der Waals surface area contributed by atoms with Gasteiger partial charge in [-0.15, -0.1) is 0 Å². The number of primary amides is 1. The first-order valence-electron chi connectivity index (χ1n) is 4.81. The van der Waals surface area contributed by atoms with Gasteiger partial charge in [0.05, 0.1) is 7.11 Å². The van der Waals surface area contributed by atoms with Crippen molar-refractivity contribution in [3.8, 4) is 11.5 Å². The number of methoxy groups -OCH3 is 1. The second kappa shape index (κ2) is 6.26. The van der Waals surface area contributed by atoms with Gasteiger partial charge in [0.15, 0.2) is 11.5 Å². The molecule has 0 saturated heterocycles. The highest BCUT2D eigenvalue weighted by atomic mass is 16.7. The molecule has 0 saturated carbocycles. The van der Waals surface area contributed by atoms with Crippen molar-refractivity contribution in [2.45, 2.75) is 0 Å². The summed E-state index contributed by atoms with van der Waals surface area (Å²) in [7, 11) is 1.41. The quantitative estimate of drug-likeness (QED) is 0.598. The molecule has 18 heavy (non-hydrogen) atoms. The number of benzene rings is 1. The van der Waals surface area contributed by atoms with Gasteiger partial charge in [-0.1, -0.05) is 6.07 Å². The van der Waals surface area contributed by atoms with Gasteiger partial charge in [-0.2, -0.15) is 5.90 Å². The summed E-state index contributed by atoms with van der Waals surface area (Å²) in [5, 5.41) is 0. The van der Waals surface area contributed by atoms with Gasteiger partial charge in [-0.25, -0.2) is 9.59 Å². The Bertz CT molecular complexity index is 484. The van der Waals surface area contributed by atoms with Crippen LogP contribution in [0.1, 0.15) is 5.56 Å². The van der Waals surface area contributed by atoms with Crippen LogP contribution in [-0.2, 0) is 9.63 Å². The highest BCUT2D eigenvalue weighted by Crippen LogP contribution is 2.28. The molecule has 4 N–H and O–H groups in total. The van der Waals surface area contributed by atoms with Gasteiger partial charge in [0.2, 0.25) is 0 Å². The van der Waals surface area contributed by atoms with Crippen LogP contribution < -0.4 is 21.1 Å². The molecular weight excluding hydrogens is 240 g/mol. The van der Waals surface area contributed by atoms with Gasteiger partial charge in [0.25, 0.3) is 0 Å². The summed E-state index contributed by atoms with van der Waals surface area (Å²) in [6, 6.07) is 4.64. The number of nitrogens with two attached hydrogens (primary N) is 2. The molecule has 0 radical (unpaired) electrons. The van der Waals surface area contributed by atoms with Gasteiger partial charge in [0, 0.05) is 6.08 Å². The van der Waals surface area contributed by atoms with E-state index in [1.807, 2.05) is 0 Å². The van der Waals surface area contributed by atoms with E-state index in [1.165, 1.54) is 19.3 Å². The maximum Gasteiger partial charge on any atom is 0.410 e. The average molecular weight is 252 g/mol. The molecule has 7 heteroatoms. The number of carbonyl (C=O) groups is 2. The minimum Gasteiger partial charge on any atom is -0.493 e. The molecule has 0 bridgehead atoms. The van der Waals surface area contributed by atoms with Crippen LogP contribution >= 0.6 is 0 Å². The minimum atomic E-state index is -0.941. The lowest BCUT2D eigenvalue weighted by Gasteiger charge is -2.07. The molecule has 0 fully saturated rings. The third kappa shape index (κ3) is 3.80. The van der Waals surface area contributed by atoms with Gasteiger partial charge >= 0.3 is 12.1 Å². The first-order chi connectivity index (χ1) is 8.56. The summed E-state index contributed by atoms with van der Waals surface area (Å²) in [5.74, 6) is 4.47. The molecule has 0 aromatic heterocycles. The van der Waals surface area contributed by atoms with E-state index in [0.29, 0.717) is 11.3 Å². The van der Waals surface area contributed by atoms with Crippen molar-refractivity contribution in [2.24, 2.45) is 11.6 Å². The number of ether oxygens (including phenoxy) is 2. The molecule has 96 valence electrons. The summed E-state index contributed by atoms with van der Waals surface area (Å²) < 4.78 is 9.73. The molecule has 0 aliphatic carbocycles. The van der Waals surface area contributed by atoms with Crippen LogP contribution in [0, 0.1) is 0 Å². The van der Waals surface area contributed by atoms with Crippen LogP contribution in [0.3, 0.4) is 0 Å². The van der Waals surface area contributed by atoms with Gasteiger partial charge in [-0.05, 0) is 23.8 Å². The lowest BCUT2D eigenvalue weighted by atomic mass is 10.2. The van der Waals surface area contributed by atoms with E-state index >= 15 is 0 Å². The van der Waals surface area contributed by atoms with Gasteiger partial charge in [0.1, 0.15) is 0 Å². The lowest BCUT2D eigenvalue weighted by Crippen LogP contribution is -2.16. The maximum absolute atomic E-state index is 10.8. The minimum absolute atomic E-state index is 0.184. The van der Waals surface area contributed by atoms with E-state index in [0.717, 1.165) is 6.08 Å². The molecular formula is C11H12N2O5. The first-order valence-corrected chi connectivity index (χ1v) is 4.81. The monoisotopic (exact) mass is 252 g/mol. The smallest absolute Gasteiger partial charge is 0.410 e. The normalized spacial score (nSPS) is 10.1. The first kappa shape index (κ1) is 13.5. The second-order valence-corrected chi connectivity index (χ2v) is 3.10. The molecule has 1 aromatic rings. The molecule has 0 aliphatic heterocycles. The average Bonchev–Trinajstić information content (AvgIpc) is 2.36. The zero-order chi connectivity index (χ0) is 13.5. The zero-order valence-electron chi connectivity index (χ0n) is 9.58. The standard InChI is InChI=1S/C11H12N2O5/c1-16-9-6-7(3-5-10(14)18-13)2-4-8(9)17-11(12)15/h2-6H,13H2,1H3,(H2,12,15). The van der Waals surface area contributed by atoms with Crippen molar-refractivity contribution in [3.63, 3.8) is 0 Å². The molecule has 0 aliphatic rings. The Morgan fingerprint density at radius 1 is 1.28 bits per heavy atom. The SMILES string of the molecule is COc1cc(C=CC(=O)ON)ccc1OC(N)=O. The molecule has 0 unspecified atom stereocenters. The third-order valence-electron chi connectivity index (χ3n) is 1.93. The Labute approximate surface area is 103 Å². The van der Waals surface area contributed by atoms with Crippen molar-refractivity contribution in [3.05, 3.63) is 29.8 Å². The van der Waals surface area contributed by atoms with Crippen LogP contribution in [0.5, 0.6) is 11.5 Å². The second-order valence-electron chi connectivity index (χ2n) is 3.10. The Kier molecular flexibility index (Phi) is 4.70. The summed E-state index contributed by atoms with van der Waals surface area (Å²) >= 11 is 0. The van der Waals surface area contributed by atoms with E-state index in [4.69, 9.17) is 15.2 Å². The molecule has 1 amide bonds. The predicted octanol–water partition coefficient (Wildman–Crippen LogP) is 0.583. The van der Waals surface area contributed by atoms with Crippen LogP contribution in [-0.4, -0.2) is 19.2 Å². The molecule has 1 rings (SSSR count). The zero-order valence-corrected chi connectivity index (χ0v) is 9.58. The Hall–Kier alpha value is -2.54. The summed E-state index contributed by atoms with van der Waals surface area (Å²) in [5.41, 5.74) is 5.53. The fourth-order valence-corrected chi connectivity index (χ4v) is 1.18. The van der Waals surface area contributed by atoms with E-state index in [9.17, 15) is 9.59 Å². The number of rotatable bonds is 4. The molecule has 0 heterocycles. The van der Waals surface area contributed by atoms with Gasteiger partial charge < -0.3 is 20.0 Å². The van der Waals surface area contributed by atoms with Crippen molar-refractivity contribution < 1.29 is 23.9 Å². The topological polar surface area (TPSA) is 114 Å². The number of hydrogen-bond acceptors (Lipinski definition) is 6. The van der Waals surface area contributed by atoms with Crippen LogP contribution in [0.15, 0.2) is 24.3 Å². The van der Waals surface area contributed by atoms with Crippen molar-refractivity contribution in [1.29, 1.82) is 0 Å². The van der Waals surface area contributed by atoms with Crippen LogP contribution in [0.2, 0.25) is 0 Å². The third-order valence-corrected chi connectivity index (χ3v) is 1.93. The molecule has 0 spiro atoms. The highest BCUT2D eigenvalue weighted by molar-refractivity contribution is 5.87. The molecule has 0 atom stereocenters. The van der Waals surface area contributed by atoms with E-state index in [1.54, 1.807) is 12.1 Å². The van der Waals surface area contributed by atoms with Gasteiger partial charge in [-0.3, -0.25) is 0 Å². The number of hydrogen-bond donors (Lipinski definition) is 2. The number of amides is 1. The number of carbonyl (C=O) groups excluding carboxylic acids is 2. The maximum atomic E-state index is 10.8. The van der Waals surface area contributed by atoms with E-state index < -0.39 is 12.1 Å². The predicted molar refractivity (Wildman–Crippen MR) is 62.5 cm³/mol. The Morgan fingerprint density at radius 2 is 2.00 bits per heavy atom. The summed E-state index contributed by atoms with van der Waals surface area (Å²) in [4.78, 5) is 25.4. The van der Waals surface area contributed by atoms with E-state index in [2.05, 4.69) is 10.7 Å². The summed E-state index contributed by atoms with van der Waals surface area (Å²) in [6.45, 7) is 0. The van der Waals surface area contributed by atoms with Crippen LogP contribution in [0.4, 0.5) is 4.79 Å².